The number of hydrogen-bond acceptors (Lipinski definition) is 3. The maximum atomic E-state index is 10.4. The summed E-state index contributed by atoms with van der Waals surface area (Å²) in [7, 11) is 0. The Bertz CT molecular complexity index is 366. The quantitative estimate of drug-likeness (QED) is 0.875. The molecule has 0 aliphatic carbocycles. The zero-order chi connectivity index (χ0) is 13.0. The van der Waals surface area contributed by atoms with Crippen LogP contribution >= 0.6 is 0 Å². The first kappa shape index (κ1) is 13.6. The Balaban J connectivity index is 2.01. The van der Waals surface area contributed by atoms with Crippen LogP contribution in [-0.4, -0.2) is 33.7 Å². The van der Waals surface area contributed by atoms with E-state index in [4.69, 9.17) is 4.74 Å². The Hall–Kier alpha value is -0.870. The summed E-state index contributed by atoms with van der Waals surface area (Å²) in [6.45, 7) is 5.56. The minimum absolute atomic E-state index is 0.435. The Morgan fingerprint density at radius 3 is 2.89 bits per heavy atom. The molecule has 102 valence electrons. The summed E-state index contributed by atoms with van der Waals surface area (Å²) >= 11 is 0. The van der Waals surface area contributed by atoms with Gasteiger partial charge in [-0.3, -0.25) is 4.68 Å². The number of rotatable bonds is 5. The van der Waals surface area contributed by atoms with Crippen molar-refractivity contribution in [2.45, 2.75) is 57.6 Å². The van der Waals surface area contributed by atoms with Gasteiger partial charge < -0.3 is 9.84 Å². The second-order valence-electron chi connectivity index (χ2n) is 5.31. The number of ether oxygens (including phenoxy) is 1. The molecule has 0 radical (unpaired) electrons. The van der Waals surface area contributed by atoms with Gasteiger partial charge in [-0.2, -0.15) is 5.10 Å². The van der Waals surface area contributed by atoms with Crippen LogP contribution in [0.25, 0.3) is 0 Å². The normalized spacial score (nSPS) is 24.7. The summed E-state index contributed by atoms with van der Waals surface area (Å²) in [6, 6.07) is 2.49. The van der Waals surface area contributed by atoms with Crippen molar-refractivity contribution >= 4 is 0 Å². The van der Waals surface area contributed by atoms with E-state index in [2.05, 4.69) is 18.9 Å². The van der Waals surface area contributed by atoms with E-state index >= 15 is 0 Å². The molecule has 2 heterocycles. The molecular weight excluding hydrogens is 228 g/mol. The van der Waals surface area contributed by atoms with Gasteiger partial charge in [0.25, 0.3) is 0 Å². The van der Waals surface area contributed by atoms with Crippen molar-refractivity contribution in [1.29, 1.82) is 0 Å². The number of hydrogen-bond donors (Lipinski definition) is 1. The zero-order valence-electron chi connectivity index (χ0n) is 11.4. The van der Waals surface area contributed by atoms with Crippen LogP contribution in [0.5, 0.6) is 0 Å². The highest BCUT2D eigenvalue weighted by Gasteiger charge is 2.31. The highest BCUT2D eigenvalue weighted by Crippen LogP contribution is 2.23. The van der Waals surface area contributed by atoms with Crippen molar-refractivity contribution in [2.24, 2.45) is 0 Å². The van der Waals surface area contributed by atoms with Crippen LogP contribution in [0.2, 0.25) is 0 Å². The molecular formula is C14H24N2O2. The molecule has 2 rings (SSSR count). The lowest BCUT2D eigenvalue weighted by Crippen LogP contribution is -2.40. The maximum Gasteiger partial charge on any atom is 0.0936 e. The van der Waals surface area contributed by atoms with Gasteiger partial charge in [0.2, 0.25) is 0 Å². The van der Waals surface area contributed by atoms with Crippen LogP contribution in [-0.2, 0) is 11.2 Å². The molecule has 4 heteroatoms. The van der Waals surface area contributed by atoms with Gasteiger partial charge in [-0.25, -0.2) is 0 Å². The van der Waals surface area contributed by atoms with E-state index in [1.807, 2.05) is 16.9 Å². The highest BCUT2D eigenvalue weighted by atomic mass is 16.5. The van der Waals surface area contributed by atoms with Gasteiger partial charge in [-0.15, -0.1) is 0 Å². The van der Waals surface area contributed by atoms with E-state index in [1.165, 1.54) is 0 Å². The van der Waals surface area contributed by atoms with E-state index in [0.29, 0.717) is 19.1 Å². The van der Waals surface area contributed by atoms with Gasteiger partial charge in [0.15, 0.2) is 0 Å². The Morgan fingerprint density at radius 1 is 1.50 bits per heavy atom. The van der Waals surface area contributed by atoms with Gasteiger partial charge in [0.1, 0.15) is 0 Å². The van der Waals surface area contributed by atoms with Crippen LogP contribution in [0.3, 0.4) is 0 Å². The van der Waals surface area contributed by atoms with E-state index in [0.717, 1.165) is 38.0 Å². The van der Waals surface area contributed by atoms with E-state index < -0.39 is 5.60 Å². The van der Waals surface area contributed by atoms with Crippen LogP contribution < -0.4 is 0 Å². The van der Waals surface area contributed by atoms with Crippen molar-refractivity contribution in [1.82, 2.24) is 9.78 Å². The first-order valence-corrected chi connectivity index (χ1v) is 7.01. The van der Waals surface area contributed by atoms with Gasteiger partial charge in [0.05, 0.1) is 23.9 Å². The monoisotopic (exact) mass is 252 g/mol. The van der Waals surface area contributed by atoms with Crippen molar-refractivity contribution in [3.8, 4) is 0 Å². The molecule has 1 unspecified atom stereocenters. The van der Waals surface area contributed by atoms with Crippen molar-refractivity contribution in [2.75, 3.05) is 13.2 Å². The molecule has 1 saturated heterocycles. The average Bonchev–Trinajstić information content (AvgIpc) is 2.79. The van der Waals surface area contributed by atoms with Crippen LogP contribution in [0.1, 0.15) is 51.3 Å². The van der Waals surface area contributed by atoms with Crippen molar-refractivity contribution in [3.05, 3.63) is 18.0 Å². The lowest BCUT2D eigenvalue weighted by atomic mass is 9.92. The molecule has 1 aliphatic rings. The van der Waals surface area contributed by atoms with Gasteiger partial charge >= 0.3 is 0 Å². The molecule has 0 aromatic carbocycles. The summed E-state index contributed by atoms with van der Waals surface area (Å²) in [5, 5.41) is 15.0. The lowest BCUT2D eigenvalue weighted by molar-refractivity contribution is -0.0850. The fourth-order valence-corrected chi connectivity index (χ4v) is 2.65. The first-order valence-electron chi connectivity index (χ1n) is 7.01. The molecule has 1 aromatic rings. The second kappa shape index (κ2) is 5.85. The summed E-state index contributed by atoms with van der Waals surface area (Å²) < 4.78 is 7.40. The predicted molar refractivity (Wildman–Crippen MR) is 70.6 cm³/mol. The molecule has 1 fully saturated rings. The molecule has 1 atom stereocenters. The van der Waals surface area contributed by atoms with Crippen LogP contribution in [0.15, 0.2) is 12.3 Å². The minimum Gasteiger partial charge on any atom is -0.387 e. The van der Waals surface area contributed by atoms with Crippen LogP contribution in [0, 0.1) is 0 Å². The molecule has 0 saturated carbocycles. The highest BCUT2D eigenvalue weighted by molar-refractivity contribution is 5.05. The van der Waals surface area contributed by atoms with Gasteiger partial charge in [0, 0.05) is 19.2 Å². The van der Waals surface area contributed by atoms with E-state index in [9.17, 15) is 5.11 Å². The smallest absolute Gasteiger partial charge is 0.0936 e. The second-order valence-corrected chi connectivity index (χ2v) is 5.31. The van der Waals surface area contributed by atoms with Gasteiger partial charge in [-0.05, 0) is 31.7 Å². The fourth-order valence-electron chi connectivity index (χ4n) is 2.65. The van der Waals surface area contributed by atoms with Crippen molar-refractivity contribution < 1.29 is 9.84 Å². The standard InChI is InChI=1S/C14H24N2O2/c1-3-13(4-2)16-8-6-12(15-16)10-14(17)7-5-9-18-11-14/h6,8,13,17H,3-5,7,9-11H2,1-2H3. The molecule has 0 bridgehead atoms. The molecule has 1 aromatic heterocycles. The topological polar surface area (TPSA) is 47.3 Å². The summed E-state index contributed by atoms with van der Waals surface area (Å²) in [6.07, 6.45) is 6.55. The van der Waals surface area contributed by atoms with E-state index in [-0.39, 0.29) is 0 Å². The Morgan fingerprint density at radius 2 is 2.28 bits per heavy atom. The Kier molecular flexibility index (Phi) is 4.40. The van der Waals surface area contributed by atoms with Crippen molar-refractivity contribution in [3.63, 3.8) is 0 Å². The summed E-state index contributed by atoms with van der Waals surface area (Å²) in [5.41, 5.74) is 0.251. The third-order valence-electron chi connectivity index (χ3n) is 3.79. The summed E-state index contributed by atoms with van der Waals surface area (Å²) in [5.74, 6) is 0. The fraction of sp³-hybridized carbons (Fsp3) is 0.786. The largest absolute Gasteiger partial charge is 0.387 e. The molecule has 0 amide bonds. The Labute approximate surface area is 109 Å². The zero-order valence-corrected chi connectivity index (χ0v) is 11.4. The summed E-state index contributed by atoms with van der Waals surface area (Å²) in [4.78, 5) is 0. The van der Waals surface area contributed by atoms with Crippen LogP contribution in [0.4, 0.5) is 0 Å². The predicted octanol–water partition coefficient (Wildman–Crippen LogP) is 2.33. The number of aromatic nitrogens is 2. The molecule has 0 spiro atoms. The maximum absolute atomic E-state index is 10.4. The lowest BCUT2D eigenvalue weighted by Gasteiger charge is -2.31. The molecule has 1 aliphatic heterocycles. The third kappa shape index (κ3) is 3.12. The van der Waals surface area contributed by atoms with Gasteiger partial charge in [-0.1, -0.05) is 13.8 Å². The third-order valence-corrected chi connectivity index (χ3v) is 3.79. The molecule has 1 N–H and O–H groups in total. The van der Waals surface area contributed by atoms with E-state index in [1.54, 1.807) is 0 Å². The number of aliphatic hydroxyl groups is 1. The molecule has 4 nitrogen and oxygen atoms in total. The molecule has 18 heavy (non-hydrogen) atoms. The minimum atomic E-state index is -0.717. The first-order chi connectivity index (χ1) is 8.67. The number of nitrogens with zero attached hydrogens (tertiary/aromatic N) is 2. The average molecular weight is 252 g/mol. The SMILES string of the molecule is CCC(CC)n1ccc(CC2(O)CCCOC2)n1.